The first-order chi connectivity index (χ1) is 6.38. The maximum atomic E-state index is 5.63. The smallest absolute Gasteiger partial charge is 0.123 e. The van der Waals surface area contributed by atoms with Gasteiger partial charge in [-0.05, 0) is 24.3 Å². The number of nitrogens with one attached hydrogen (secondary N) is 1. The lowest BCUT2D eigenvalue weighted by atomic mass is 10.2. The molecule has 1 aromatic carbocycles. The highest BCUT2D eigenvalue weighted by molar-refractivity contribution is 5.85. The van der Waals surface area contributed by atoms with E-state index in [0.717, 1.165) is 24.6 Å². The topological polar surface area (TPSA) is 30.5 Å². The van der Waals surface area contributed by atoms with E-state index in [4.69, 9.17) is 9.47 Å². The van der Waals surface area contributed by atoms with Gasteiger partial charge in [0.25, 0.3) is 0 Å². The molecule has 1 fully saturated rings. The largest absolute Gasteiger partial charge is 0.497 e. The summed E-state index contributed by atoms with van der Waals surface area (Å²) in [6.45, 7) is 1.90. The van der Waals surface area contributed by atoms with Gasteiger partial charge in [-0.3, -0.25) is 0 Å². The van der Waals surface area contributed by atoms with E-state index >= 15 is 0 Å². The third-order valence-corrected chi connectivity index (χ3v) is 2.11. The Morgan fingerprint density at radius 2 is 1.71 bits per heavy atom. The lowest BCUT2D eigenvalue weighted by Gasteiger charge is -2.27. The average molecular weight is 216 g/mol. The molecule has 4 heteroatoms. The molecule has 0 atom stereocenters. The Morgan fingerprint density at radius 3 is 2.14 bits per heavy atom. The Bertz CT molecular complexity index is 272. The van der Waals surface area contributed by atoms with E-state index in [1.807, 2.05) is 24.3 Å². The monoisotopic (exact) mass is 215 g/mol. The Kier molecular flexibility index (Phi) is 4.04. The third-order valence-electron chi connectivity index (χ3n) is 2.11. The van der Waals surface area contributed by atoms with Crippen LogP contribution in [0.4, 0.5) is 0 Å². The van der Waals surface area contributed by atoms with E-state index in [0.29, 0.717) is 6.10 Å². The molecule has 0 radical (unpaired) electrons. The zero-order valence-electron chi connectivity index (χ0n) is 8.03. The van der Waals surface area contributed by atoms with E-state index in [-0.39, 0.29) is 12.4 Å². The van der Waals surface area contributed by atoms with Crippen molar-refractivity contribution in [3.05, 3.63) is 24.3 Å². The molecule has 14 heavy (non-hydrogen) atoms. The van der Waals surface area contributed by atoms with Gasteiger partial charge in [0.15, 0.2) is 0 Å². The minimum absolute atomic E-state index is 0. The van der Waals surface area contributed by atoms with Crippen LogP contribution in [-0.2, 0) is 0 Å². The quantitative estimate of drug-likeness (QED) is 0.829. The molecule has 1 N–H and O–H groups in total. The molecular formula is C10H14ClNO2. The molecule has 1 saturated heterocycles. The van der Waals surface area contributed by atoms with Gasteiger partial charge in [0.05, 0.1) is 7.11 Å². The fourth-order valence-corrected chi connectivity index (χ4v) is 1.19. The van der Waals surface area contributed by atoms with Gasteiger partial charge in [-0.2, -0.15) is 0 Å². The van der Waals surface area contributed by atoms with Crippen molar-refractivity contribution in [1.29, 1.82) is 0 Å². The molecule has 1 aromatic rings. The summed E-state index contributed by atoms with van der Waals surface area (Å²) in [5.41, 5.74) is 0. The lowest BCUT2D eigenvalue weighted by molar-refractivity contribution is 0.142. The van der Waals surface area contributed by atoms with Crippen LogP contribution in [-0.4, -0.2) is 26.3 Å². The van der Waals surface area contributed by atoms with Crippen molar-refractivity contribution >= 4 is 12.4 Å². The molecule has 0 aromatic heterocycles. The van der Waals surface area contributed by atoms with E-state index in [2.05, 4.69) is 5.32 Å². The number of benzene rings is 1. The van der Waals surface area contributed by atoms with Crippen LogP contribution in [0, 0.1) is 0 Å². The SMILES string of the molecule is COc1ccc(OC2CNC2)cc1.Cl. The van der Waals surface area contributed by atoms with E-state index in [1.54, 1.807) is 7.11 Å². The second-order valence-electron chi connectivity index (χ2n) is 3.07. The molecule has 0 spiro atoms. The number of methoxy groups -OCH3 is 1. The van der Waals surface area contributed by atoms with Gasteiger partial charge in [-0.1, -0.05) is 0 Å². The minimum atomic E-state index is 0. The molecule has 0 unspecified atom stereocenters. The zero-order valence-corrected chi connectivity index (χ0v) is 8.84. The third kappa shape index (κ3) is 2.53. The average Bonchev–Trinajstić information content (AvgIpc) is 2.12. The normalized spacial score (nSPS) is 15.2. The molecule has 1 heterocycles. The van der Waals surface area contributed by atoms with Crippen molar-refractivity contribution < 1.29 is 9.47 Å². The van der Waals surface area contributed by atoms with Crippen molar-refractivity contribution in [2.24, 2.45) is 0 Å². The number of ether oxygens (including phenoxy) is 2. The molecular weight excluding hydrogens is 202 g/mol. The van der Waals surface area contributed by atoms with E-state index in [1.165, 1.54) is 0 Å². The molecule has 0 saturated carbocycles. The molecule has 1 aliphatic rings. The second kappa shape index (κ2) is 5.08. The van der Waals surface area contributed by atoms with E-state index in [9.17, 15) is 0 Å². The Hall–Kier alpha value is -0.930. The highest BCUT2D eigenvalue weighted by Crippen LogP contribution is 2.18. The fourth-order valence-electron chi connectivity index (χ4n) is 1.19. The first-order valence-corrected chi connectivity index (χ1v) is 4.40. The van der Waals surface area contributed by atoms with Crippen molar-refractivity contribution in [2.45, 2.75) is 6.10 Å². The summed E-state index contributed by atoms with van der Waals surface area (Å²) in [5.74, 6) is 1.77. The number of hydrogen-bond donors (Lipinski definition) is 1. The van der Waals surface area contributed by atoms with Gasteiger partial charge >= 0.3 is 0 Å². The van der Waals surface area contributed by atoms with Crippen LogP contribution >= 0.6 is 12.4 Å². The molecule has 2 rings (SSSR count). The van der Waals surface area contributed by atoms with Crippen LogP contribution in [0.2, 0.25) is 0 Å². The number of halogens is 1. The maximum Gasteiger partial charge on any atom is 0.123 e. The van der Waals surface area contributed by atoms with Gasteiger partial charge in [-0.15, -0.1) is 12.4 Å². The summed E-state index contributed by atoms with van der Waals surface area (Å²) in [6.07, 6.45) is 0.341. The second-order valence-corrected chi connectivity index (χ2v) is 3.07. The van der Waals surface area contributed by atoms with Crippen LogP contribution in [0.25, 0.3) is 0 Å². The highest BCUT2D eigenvalue weighted by atomic mass is 35.5. The van der Waals surface area contributed by atoms with Crippen LogP contribution < -0.4 is 14.8 Å². The Balaban J connectivity index is 0.000000980. The number of hydrogen-bond acceptors (Lipinski definition) is 3. The molecule has 0 bridgehead atoms. The minimum Gasteiger partial charge on any atom is -0.497 e. The van der Waals surface area contributed by atoms with Gasteiger partial charge in [0, 0.05) is 13.1 Å². The molecule has 0 aliphatic carbocycles. The summed E-state index contributed by atoms with van der Waals surface area (Å²) in [5, 5.41) is 3.15. The summed E-state index contributed by atoms with van der Waals surface area (Å²) >= 11 is 0. The van der Waals surface area contributed by atoms with Crippen LogP contribution in [0.5, 0.6) is 11.5 Å². The summed E-state index contributed by atoms with van der Waals surface area (Å²) in [6, 6.07) is 7.66. The summed E-state index contributed by atoms with van der Waals surface area (Å²) in [7, 11) is 1.66. The van der Waals surface area contributed by atoms with Crippen LogP contribution in [0.3, 0.4) is 0 Å². The molecule has 3 nitrogen and oxygen atoms in total. The summed E-state index contributed by atoms with van der Waals surface area (Å²) in [4.78, 5) is 0. The number of rotatable bonds is 3. The molecule has 1 aliphatic heterocycles. The van der Waals surface area contributed by atoms with Crippen molar-refractivity contribution in [3.8, 4) is 11.5 Å². The van der Waals surface area contributed by atoms with Gasteiger partial charge in [0.1, 0.15) is 17.6 Å². The zero-order chi connectivity index (χ0) is 9.10. The fraction of sp³-hybridized carbons (Fsp3) is 0.400. The lowest BCUT2D eigenvalue weighted by Crippen LogP contribution is -2.50. The Labute approximate surface area is 89.8 Å². The molecule has 0 amide bonds. The van der Waals surface area contributed by atoms with Gasteiger partial charge in [-0.25, -0.2) is 0 Å². The standard InChI is InChI=1S/C10H13NO2.ClH/c1-12-8-2-4-9(5-3-8)13-10-6-11-7-10;/h2-5,10-11H,6-7H2,1H3;1H. The first-order valence-electron chi connectivity index (χ1n) is 4.40. The highest BCUT2D eigenvalue weighted by Gasteiger charge is 2.17. The Morgan fingerprint density at radius 1 is 1.14 bits per heavy atom. The van der Waals surface area contributed by atoms with Crippen molar-refractivity contribution in [1.82, 2.24) is 5.32 Å². The van der Waals surface area contributed by atoms with Gasteiger partial charge in [0.2, 0.25) is 0 Å². The van der Waals surface area contributed by atoms with Crippen LogP contribution in [0.15, 0.2) is 24.3 Å². The predicted octanol–water partition coefficient (Wildman–Crippen LogP) is 1.47. The first kappa shape index (κ1) is 11.1. The van der Waals surface area contributed by atoms with Gasteiger partial charge < -0.3 is 14.8 Å². The molecule has 78 valence electrons. The van der Waals surface area contributed by atoms with E-state index < -0.39 is 0 Å². The van der Waals surface area contributed by atoms with Crippen molar-refractivity contribution in [3.63, 3.8) is 0 Å². The maximum absolute atomic E-state index is 5.63. The predicted molar refractivity (Wildman–Crippen MR) is 57.5 cm³/mol. The van der Waals surface area contributed by atoms with Crippen LogP contribution in [0.1, 0.15) is 0 Å². The van der Waals surface area contributed by atoms with Crippen molar-refractivity contribution in [2.75, 3.05) is 20.2 Å². The summed E-state index contributed by atoms with van der Waals surface area (Å²) < 4.78 is 10.7.